The molecule has 0 aliphatic rings. The van der Waals surface area contributed by atoms with Crippen molar-refractivity contribution in [3.8, 4) is 0 Å². The molecule has 13 nitrogen and oxygen atoms in total. The second kappa shape index (κ2) is 19.0. The normalized spacial score (nSPS) is 14.3. The van der Waals surface area contributed by atoms with Crippen LogP contribution in [0.15, 0.2) is 83.1 Å². The van der Waals surface area contributed by atoms with Gasteiger partial charge in [0.15, 0.2) is 5.89 Å². The molecule has 51 heavy (non-hydrogen) atoms. The molecule has 2 heterocycles. The monoisotopic (exact) mass is 720 g/mol. The van der Waals surface area contributed by atoms with Crippen LogP contribution in [0.1, 0.15) is 61.2 Å². The maximum absolute atomic E-state index is 13.9. The minimum Gasteiger partial charge on any atom is -0.448 e. The zero-order chi connectivity index (χ0) is 36.9. The Bertz CT molecular complexity index is 1650. The minimum atomic E-state index is -1.54. The van der Waals surface area contributed by atoms with Crippen molar-refractivity contribution >= 4 is 29.4 Å². The van der Waals surface area contributed by atoms with Crippen LogP contribution in [0.2, 0.25) is 0 Å². The lowest BCUT2D eigenvalue weighted by Gasteiger charge is -2.34. The van der Waals surface area contributed by atoms with Gasteiger partial charge in [0.25, 0.3) is 0 Å². The third-order valence-corrected chi connectivity index (χ3v) is 9.02. The van der Waals surface area contributed by atoms with Crippen LogP contribution in [0.4, 0.5) is 9.59 Å². The Morgan fingerprint density at radius 2 is 1.47 bits per heavy atom. The second-order valence-electron chi connectivity index (χ2n) is 13.1. The van der Waals surface area contributed by atoms with E-state index in [0.29, 0.717) is 11.6 Å². The molecule has 4 amide bonds. The summed E-state index contributed by atoms with van der Waals surface area (Å²) in [5.41, 5.74) is 3.81. The third kappa shape index (κ3) is 11.9. The lowest BCUT2D eigenvalue weighted by Crippen LogP contribution is -2.60. The number of rotatable bonds is 17. The highest BCUT2D eigenvalue weighted by molar-refractivity contribution is 7.09. The lowest BCUT2D eigenvalue weighted by molar-refractivity contribution is -0.126. The fraction of sp³-hybridized carbons (Fsp3) is 0.432. The number of aliphatic hydroxyl groups is 2. The van der Waals surface area contributed by atoms with Crippen LogP contribution in [-0.2, 0) is 35.5 Å². The zero-order valence-corrected chi connectivity index (χ0v) is 30.4. The van der Waals surface area contributed by atoms with Crippen molar-refractivity contribution < 1.29 is 33.8 Å². The number of aliphatic hydroxyl groups excluding tert-OH is 2. The van der Waals surface area contributed by atoms with Crippen molar-refractivity contribution in [3.05, 3.63) is 106 Å². The number of alkyl carbamates (subject to hydrolysis) is 1. The molecule has 274 valence electrons. The van der Waals surface area contributed by atoms with Crippen LogP contribution in [-0.4, -0.2) is 80.5 Å². The molecule has 0 unspecified atom stereocenters. The van der Waals surface area contributed by atoms with Gasteiger partial charge in [0.2, 0.25) is 5.91 Å². The highest BCUT2D eigenvalue weighted by Gasteiger charge is 2.36. The van der Waals surface area contributed by atoms with E-state index in [1.807, 2.05) is 74.5 Å². The first kappa shape index (κ1) is 39.0. The SMILES string of the molecule is CC(C)c1nc(CN(C)C(=O)N[C@H](C(=O)N[C@@H](Cc2ccccc2)[C@@H](O)[C@H](O)[C@H](Cc2ccccc2)NC(=O)OCc2cncs2)C(C)C)co1. The molecule has 0 spiro atoms. The summed E-state index contributed by atoms with van der Waals surface area (Å²) in [6.45, 7) is 7.67. The molecule has 0 bridgehead atoms. The molecule has 5 atom stereocenters. The fourth-order valence-electron chi connectivity index (χ4n) is 5.40. The van der Waals surface area contributed by atoms with Crippen LogP contribution in [0.3, 0.4) is 0 Å². The summed E-state index contributed by atoms with van der Waals surface area (Å²) >= 11 is 1.34. The van der Waals surface area contributed by atoms with Gasteiger partial charge in [-0.15, -0.1) is 11.3 Å². The number of thiazole rings is 1. The van der Waals surface area contributed by atoms with Gasteiger partial charge in [0.05, 0.1) is 34.7 Å². The van der Waals surface area contributed by atoms with E-state index in [0.717, 1.165) is 16.0 Å². The topological polar surface area (TPSA) is 179 Å². The maximum atomic E-state index is 13.9. The zero-order valence-electron chi connectivity index (χ0n) is 29.6. The molecule has 0 aliphatic heterocycles. The van der Waals surface area contributed by atoms with Crippen LogP contribution < -0.4 is 16.0 Å². The molecule has 0 saturated heterocycles. The molecule has 4 aromatic rings. The number of amides is 4. The van der Waals surface area contributed by atoms with Gasteiger partial charge in [-0.2, -0.15) is 0 Å². The molecule has 4 rings (SSSR count). The first-order valence-electron chi connectivity index (χ1n) is 16.9. The number of aromatic nitrogens is 2. The summed E-state index contributed by atoms with van der Waals surface area (Å²) in [5.74, 6) is -0.212. The van der Waals surface area contributed by atoms with Crippen LogP contribution >= 0.6 is 11.3 Å². The Balaban J connectivity index is 1.50. The first-order chi connectivity index (χ1) is 24.4. The van der Waals surface area contributed by atoms with Crippen molar-refractivity contribution in [2.24, 2.45) is 5.92 Å². The summed E-state index contributed by atoms with van der Waals surface area (Å²) in [5, 5.41) is 31.8. The average Bonchev–Trinajstić information content (AvgIpc) is 3.82. The Kier molecular flexibility index (Phi) is 14.5. The van der Waals surface area contributed by atoms with E-state index in [4.69, 9.17) is 9.15 Å². The van der Waals surface area contributed by atoms with Gasteiger partial charge in [-0.3, -0.25) is 9.78 Å². The van der Waals surface area contributed by atoms with E-state index < -0.39 is 48.4 Å². The van der Waals surface area contributed by atoms with E-state index in [9.17, 15) is 24.6 Å². The minimum absolute atomic E-state index is 0.00499. The van der Waals surface area contributed by atoms with Gasteiger partial charge in [0, 0.05) is 19.2 Å². The largest absolute Gasteiger partial charge is 0.448 e. The molecule has 2 aromatic heterocycles. The number of carbonyl (C=O) groups is 3. The molecule has 2 aromatic carbocycles. The molecule has 14 heteroatoms. The summed E-state index contributed by atoms with van der Waals surface area (Å²) < 4.78 is 10.9. The van der Waals surface area contributed by atoms with E-state index in [-0.39, 0.29) is 37.8 Å². The highest BCUT2D eigenvalue weighted by Crippen LogP contribution is 2.18. The molecule has 0 saturated carbocycles. The average molecular weight is 721 g/mol. The number of benzene rings is 2. The number of hydrogen-bond acceptors (Lipinski definition) is 10. The number of nitrogens with zero attached hydrogens (tertiary/aromatic N) is 3. The Hall–Kier alpha value is -4.79. The number of ether oxygens (including phenoxy) is 1. The van der Waals surface area contributed by atoms with Gasteiger partial charge < -0.3 is 40.2 Å². The summed E-state index contributed by atoms with van der Waals surface area (Å²) in [7, 11) is 1.59. The number of hydrogen-bond donors (Lipinski definition) is 5. The predicted octanol–water partition coefficient (Wildman–Crippen LogP) is 4.41. The number of urea groups is 1. The summed E-state index contributed by atoms with van der Waals surface area (Å²) in [6, 6.07) is 14.9. The van der Waals surface area contributed by atoms with Gasteiger partial charge in [0.1, 0.15) is 31.1 Å². The van der Waals surface area contributed by atoms with Crippen molar-refractivity contribution in [2.75, 3.05) is 7.05 Å². The standard InChI is InChI=1S/C37H48N6O7S/c1-23(2)31(42-36(47)43(5)19-27-20-49-35(39-27)24(3)4)34(46)40-29(16-25-12-8-6-9-13-25)32(44)33(45)30(17-26-14-10-7-11-15-26)41-37(48)50-21-28-18-38-22-51-28/h6-15,18,20,22-24,29-33,44-45H,16-17,19,21H2,1-5H3,(H,40,46)(H,41,48)(H,42,47)/t29-,30-,31-,32+,33+/m0/s1. The number of carbonyl (C=O) groups excluding carboxylic acids is 3. The highest BCUT2D eigenvalue weighted by atomic mass is 32.1. The molecule has 5 N–H and O–H groups in total. The third-order valence-electron chi connectivity index (χ3n) is 8.27. The summed E-state index contributed by atoms with van der Waals surface area (Å²) in [6.07, 6.45) is -0.433. The van der Waals surface area contributed by atoms with E-state index >= 15 is 0 Å². The molecule has 0 fully saturated rings. The Morgan fingerprint density at radius 3 is 1.98 bits per heavy atom. The first-order valence-corrected chi connectivity index (χ1v) is 17.8. The molecule has 0 radical (unpaired) electrons. The van der Waals surface area contributed by atoms with Crippen LogP contribution in [0, 0.1) is 5.92 Å². The number of nitrogens with one attached hydrogen (secondary N) is 3. The van der Waals surface area contributed by atoms with Crippen molar-refractivity contribution in [3.63, 3.8) is 0 Å². The summed E-state index contributed by atoms with van der Waals surface area (Å²) in [4.78, 5) is 50.6. The Morgan fingerprint density at radius 1 is 0.882 bits per heavy atom. The van der Waals surface area contributed by atoms with Gasteiger partial charge in [-0.1, -0.05) is 88.4 Å². The molecule has 0 aliphatic carbocycles. The van der Waals surface area contributed by atoms with Crippen molar-refractivity contribution in [1.29, 1.82) is 0 Å². The van der Waals surface area contributed by atoms with E-state index in [1.54, 1.807) is 32.6 Å². The van der Waals surface area contributed by atoms with E-state index in [1.165, 1.54) is 22.5 Å². The predicted molar refractivity (Wildman–Crippen MR) is 193 cm³/mol. The number of oxazole rings is 1. The fourth-order valence-corrected chi connectivity index (χ4v) is 5.90. The van der Waals surface area contributed by atoms with Gasteiger partial charge >= 0.3 is 12.1 Å². The van der Waals surface area contributed by atoms with Gasteiger partial charge in [-0.05, 0) is 29.9 Å². The van der Waals surface area contributed by atoms with Crippen molar-refractivity contribution in [1.82, 2.24) is 30.8 Å². The smallest absolute Gasteiger partial charge is 0.407 e. The van der Waals surface area contributed by atoms with Crippen LogP contribution in [0.25, 0.3) is 0 Å². The molecular formula is C37H48N6O7S. The molecular weight excluding hydrogens is 673 g/mol. The van der Waals surface area contributed by atoms with Gasteiger partial charge in [-0.25, -0.2) is 14.6 Å². The van der Waals surface area contributed by atoms with Crippen LogP contribution in [0.5, 0.6) is 0 Å². The quantitative estimate of drug-likeness (QED) is 0.106. The maximum Gasteiger partial charge on any atom is 0.407 e. The lowest BCUT2D eigenvalue weighted by atomic mass is 9.90. The van der Waals surface area contributed by atoms with E-state index in [2.05, 4.69) is 25.9 Å². The van der Waals surface area contributed by atoms with Crippen molar-refractivity contribution in [2.45, 2.75) is 89.9 Å². The Labute approximate surface area is 302 Å². The second-order valence-corrected chi connectivity index (χ2v) is 14.1.